The maximum atomic E-state index is 12.2. The molecule has 0 fully saturated rings. The molecule has 18 heavy (non-hydrogen) atoms. The Bertz CT molecular complexity index is 453. The van der Waals surface area contributed by atoms with E-state index in [0.29, 0.717) is 0 Å². The van der Waals surface area contributed by atoms with Crippen LogP contribution in [0.4, 0.5) is 5.69 Å². The van der Waals surface area contributed by atoms with Gasteiger partial charge in [-0.2, -0.15) is 5.10 Å². The van der Waals surface area contributed by atoms with Crippen molar-refractivity contribution in [3.8, 4) is 0 Å². The second-order valence-electron chi connectivity index (χ2n) is 4.63. The average molecular weight is 268 g/mol. The molecular weight excluding hydrogens is 248 g/mol. The Kier molecular flexibility index (Phi) is 4.84. The summed E-state index contributed by atoms with van der Waals surface area (Å²) in [6, 6.07) is 0. The first kappa shape index (κ1) is 14.6. The predicted octanol–water partition coefficient (Wildman–Crippen LogP) is 1.48. The van der Waals surface area contributed by atoms with Gasteiger partial charge < -0.3 is 11.1 Å². The highest BCUT2D eigenvalue weighted by Crippen LogP contribution is 2.18. The Morgan fingerprint density at radius 1 is 1.61 bits per heavy atom. The summed E-state index contributed by atoms with van der Waals surface area (Å²) < 4.78 is 1.68. The van der Waals surface area contributed by atoms with Crippen LogP contribution >= 0.6 is 12.2 Å². The summed E-state index contributed by atoms with van der Waals surface area (Å²) in [6.07, 6.45) is 2.55. The third kappa shape index (κ3) is 3.29. The van der Waals surface area contributed by atoms with Gasteiger partial charge in [-0.3, -0.25) is 9.48 Å². The van der Waals surface area contributed by atoms with Crippen molar-refractivity contribution in [2.24, 2.45) is 24.6 Å². The highest BCUT2D eigenvalue weighted by atomic mass is 32.1. The van der Waals surface area contributed by atoms with Gasteiger partial charge in [-0.1, -0.05) is 33.0 Å². The summed E-state index contributed by atoms with van der Waals surface area (Å²) in [6.45, 7) is 5.84. The van der Waals surface area contributed by atoms with E-state index in [1.165, 1.54) is 0 Å². The second-order valence-corrected chi connectivity index (χ2v) is 5.10. The van der Waals surface area contributed by atoms with Gasteiger partial charge in [0.1, 0.15) is 0 Å². The van der Waals surface area contributed by atoms with Crippen LogP contribution in [0.5, 0.6) is 0 Å². The molecule has 1 unspecified atom stereocenters. The number of amides is 1. The van der Waals surface area contributed by atoms with E-state index in [-0.39, 0.29) is 16.8 Å². The van der Waals surface area contributed by atoms with Crippen molar-refractivity contribution in [3.05, 3.63) is 11.9 Å². The number of nitrogens with one attached hydrogen (secondary N) is 1. The number of thiocarbonyl (C=S) groups is 1. The van der Waals surface area contributed by atoms with Crippen molar-refractivity contribution < 1.29 is 4.79 Å². The molecular formula is C12H20N4OS. The third-order valence-electron chi connectivity index (χ3n) is 2.75. The fraction of sp³-hybridized carbons (Fsp3) is 0.583. The Labute approximate surface area is 113 Å². The number of nitrogens with two attached hydrogens (primary N) is 1. The minimum atomic E-state index is -0.454. The van der Waals surface area contributed by atoms with Crippen molar-refractivity contribution >= 4 is 28.8 Å². The smallest absolute Gasteiger partial charge is 0.234 e. The number of aryl methyl sites for hydroxylation is 2. The summed E-state index contributed by atoms with van der Waals surface area (Å²) in [7, 11) is 1.82. The number of hydrogen-bond donors (Lipinski definition) is 2. The zero-order valence-corrected chi connectivity index (χ0v) is 12.0. The van der Waals surface area contributed by atoms with Crippen LogP contribution in [0.15, 0.2) is 6.20 Å². The molecule has 3 N–H and O–H groups in total. The van der Waals surface area contributed by atoms with Crippen molar-refractivity contribution in [1.82, 2.24) is 9.78 Å². The molecule has 1 aromatic rings. The molecule has 5 nitrogen and oxygen atoms in total. The van der Waals surface area contributed by atoms with Gasteiger partial charge in [0.25, 0.3) is 0 Å². The van der Waals surface area contributed by atoms with Crippen molar-refractivity contribution in [2.75, 3.05) is 5.32 Å². The minimum absolute atomic E-state index is 0.0734. The van der Waals surface area contributed by atoms with Crippen LogP contribution in [-0.4, -0.2) is 20.7 Å². The predicted molar refractivity (Wildman–Crippen MR) is 76.3 cm³/mol. The zero-order valence-electron chi connectivity index (χ0n) is 11.2. The number of hydrogen-bond acceptors (Lipinski definition) is 3. The van der Waals surface area contributed by atoms with Crippen LogP contribution < -0.4 is 11.1 Å². The molecule has 0 spiro atoms. The monoisotopic (exact) mass is 268 g/mol. The number of nitrogens with zero attached hydrogens (tertiary/aromatic N) is 2. The van der Waals surface area contributed by atoms with E-state index in [4.69, 9.17) is 18.0 Å². The van der Waals surface area contributed by atoms with Gasteiger partial charge in [0.2, 0.25) is 5.91 Å². The standard InChI is InChI=1S/C12H20N4OS/c1-5-8-9(6-16(4)15-8)14-12(17)10(7(2)3)11(13)18/h6-7,10H,5H2,1-4H3,(H2,13,18)(H,14,17). The molecule has 1 heterocycles. The maximum Gasteiger partial charge on any atom is 0.234 e. The highest BCUT2D eigenvalue weighted by Gasteiger charge is 2.25. The molecule has 6 heteroatoms. The van der Waals surface area contributed by atoms with Gasteiger partial charge in [-0.05, 0) is 12.3 Å². The first-order chi connectivity index (χ1) is 8.36. The van der Waals surface area contributed by atoms with Crippen molar-refractivity contribution in [2.45, 2.75) is 27.2 Å². The van der Waals surface area contributed by atoms with Gasteiger partial charge in [-0.25, -0.2) is 0 Å². The second kappa shape index (κ2) is 5.95. The largest absolute Gasteiger partial charge is 0.393 e. The van der Waals surface area contributed by atoms with E-state index in [9.17, 15) is 4.79 Å². The molecule has 1 aromatic heterocycles. The highest BCUT2D eigenvalue weighted by molar-refractivity contribution is 7.80. The lowest BCUT2D eigenvalue weighted by Gasteiger charge is -2.18. The number of anilines is 1. The van der Waals surface area contributed by atoms with E-state index < -0.39 is 5.92 Å². The lowest BCUT2D eigenvalue weighted by Crippen LogP contribution is -2.36. The zero-order chi connectivity index (χ0) is 13.9. The molecule has 0 saturated heterocycles. The van der Waals surface area contributed by atoms with Crippen molar-refractivity contribution in [3.63, 3.8) is 0 Å². The van der Waals surface area contributed by atoms with Gasteiger partial charge in [0, 0.05) is 13.2 Å². The van der Waals surface area contributed by atoms with Gasteiger partial charge in [-0.15, -0.1) is 0 Å². The summed E-state index contributed by atoms with van der Waals surface area (Å²) >= 11 is 4.95. The summed E-state index contributed by atoms with van der Waals surface area (Å²) in [5.41, 5.74) is 7.20. The van der Waals surface area contributed by atoms with Crippen LogP contribution in [0.2, 0.25) is 0 Å². The lowest BCUT2D eigenvalue weighted by molar-refractivity contribution is -0.118. The minimum Gasteiger partial charge on any atom is -0.393 e. The van der Waals surface area contributed by atoms with E-state index in [1.807, 2.05) is 27.8 Å². The molecule has 1 rings (SSSR count). The molecule has 0 bridgehead atoms. The van der Waals surface area contributed by atoms with Gasteiger partial charge in [0.15, 0.2) is 0 Å². The third-order valence-corrected chi connectivity index (χ3v) is 3.01. The fourth-order valence-electron chi connectivity index (χ4n) is 1.87. The molecule has 100 valence electrons. The molecule has 1 amide bonds. The maximum absolute atomic E-state index is 12.2. The van der Waals surface area contributed by atoms with Crippen LogP contribution in [0.1, 0.15) is 26.5 Å². The number of aromatic nitrogens is 2. The van der Waals surface area contributed by atoms with Crippen LogP contribution in [-0.2, 0) is 18.3 Å². The van der Waals surface area contributed by atoms with Crippen LogP contribution in [0.3, 0.4) is 0 Å². The molecule has 0 aliphatic carbocycles. The normalized spacial score (nSPS) is 12.5. The number of carbonyl (C=O) groups excluding carboxylic acids is 1. The molecule has 0 aromatic carbocycles. The summed E-state index contributed by atoms with van der Waals surface area (Å²) in [5, 5.41) is 7.12. The van der Waals surface area contributed by atoms with E-state index in [2.05, 4.69) is 10.4 Å². The van der Waals surface area contributed by atoms with Crippen molar-refractivity contribution in [1.29, 1.82) is 0 Å². The molecule has 0 aliphatic heterocycles. The van der Waals surface area contributed by atoms with E-state index in [0.717, 1.165) is 17.8 Å². The Balaban J connectivity index is 2.89. The van der Waals surface area contributed by atoms with Crippen LogP contribution in [0.25, 0.3) is 0 Å². The molecule has 1 atom stereocenters. The van der Waals surface area contributed by atoms with Gasteiger partial charge in [0.05, 0.1) is 22.3 Å². The number of rotatable bonds is 5. The van der Waals surface area contributed by atoms with Crippen LogP contribution in [0, 0.1) is 11.8 Å². The number of carbonyl (C=O) groups is 1. The van der Waals surface area contributed by atoms with E-state index >= 15 is 0 Å². The summed E-state index contributed by atoms with van der Waals surface area (Å²) in [5.74, 6) is -0.547. The average Bonchev–Trinajstić information content (AvgIpc) is 2.57. The lowest BCUT2D eigenvalue weighted by atomic mass is 9.95. The van der Waals surface area contributed by atoms with E-state index in [1.54, 1.807) is 10.9 Å². The quantitative estimate of drug-likeness (QED) is 0.793. The Morgan fingerprint density at radius 2 is 2.22 bits per heavy atom. The fourth-order valence-corrected chi connectivity index (χ4v) is 2.25. The Hall–Kier alpha value is -1.43. The SMILES string of the molecule is CCc1nn(C)cc1NC(=O)C(C(N)=S)C(C)C. The summed E-state index contributed by atoms with van der Waals surface area (Å²) in [4.78, 5) is 12.4. The molecule has 0 aliphatic rings. The first-order valence-corrected chi connectivity index (χ1v) is 6.40. The van der Waals surface area contributed by atoms with Gasteiger partial charge >= 0.3 is 0 Å². The Morgan fingerprint density at radius 3 is 2.67 bits per heavy atom. The molecule has 0 saturated carbocycles. The molecule has 0 radical (unpaired) electrons. The first-order valence-electron chi connectivity index (χ1n) is 5.99. The topological polar surface area (TPSA) is 72.9 Å².